The van der Waals surface area contributed by atoms with E-state index in [0.717, 1.165) is 23.3 Å². The number of fused-ring (bicyclic) bond motifs is 1. The molecule has 1 heterocycles. The van der Waals surface area contributed by atoms with Gasteiger partial charge in [-0.05, 0) is 36.6 Å². The molecule has 1 aromatic heterocycles. The third-order valence-corrected chi connectivity index (χ3v) is 3.18. The summed E-state index contributed by atoms with van der Waals surface area (Å²) < 4.78 is 0. The fourth-order valence-electron chi connectivity index (χ4n) is 2.39. The fraction of sp³-hybridized carbons (Fsp3) is 0.188. The molecule has 3 rings (SSSR count). The van der Waals surface area contributed by atoms with E-state index in [9.17, 15) is 0 Å². The maximum atomic E-state index is 4.69. The molecule has 2 nitrogen and oxygen atoms in total. The highest BCUT2D eigenvalue weighted by molar-refractivity contribution is 5.79. The highest BCUT2D eigenvalue weighted by atomic mass is 14.9. The van der Waals surface area contributed by atoms with Gasteiger partial charge >= 0.3 is 0 Å². The molecule has 1 N–H and O–H groups in total. The van der Waals surface area contributed by atoms with E-state index < -0.39 is 0 Å². The summed E-state index contributed by atoms with van der Waals surface area (Å²) in [6, 6.07) is 14.8. The molecule has 0 spiro atoms. The molecule has 0 radical (unpaired) electrons. The molecule has 2 heteroatoms. The van der Waals surface area contributed by atoms with E-state index in [1.807, 2.05) is 6.07 Å². The number of hydrogen-bond donors (Lipinski definition) is 1. The molecule has 0 aliphatic rings. The quantitative estimate of drug-likeness (QED) is 0.721. The van der Waals surface area contributed by atoms with Crippen LogP contribution >= 0.6 is 0 Å². The van der Waals surface area contributed by atoms with E-state index in [1.165, 1.54) is 16.7 Å². The number of rotatable bonds is 2. The first-order valence-electron chi connectivity index (χ1n) is 6.22. The summed E-state index contributed by atoms with van der Waals surface area (Å²) in [7, 11) is 0. The molecule has 0 bridgehead atoms. The van der Waals surface area contributed by atoms with Gasteiger partial charge in [-0.15, -0.1) is 0 Å². The van der Waals surface area contributed by atoms with Gasteiger partial charge in [0.2, 0.25) is 0 Å². The lowest BCUT2D eigenvalue weighted by Gasteiger charge is -1.96. The van der Waals surface area contributed by atoms with Crippen LogP contribution in [-0.4, -0.2) is 9.97 Å². The first kappa shape index (κ1) is 11.0. The Bertz CT molecular complexity index is 681. The normalized spacial score (nSPS) is 11.0. The third kappa shape index (κ3) is 2.02. The summed E-state index contributed by atoms with van der Waals surface area (Å²) in [6.07, 6.45) is 0.855. The van der Waals surface area contributed by atoms with Crippen molar-refractivity contribution in [2.45, 2.75) is 20.3 Å². The van der Waals surface area contributed by atoms with Crippen molar-refractivity contribution in [1.82, 2.24) is 9.97 Å². The van der Waals surface area contributed by atoms with E-state index in [2.05, 4.69) is 55.2 Å². The molecule has 0 amide bonds. The van der Waals surface area contributed by atoms with Crippen LogP contribution in [0.25, 0.3) is 11.0 Å². The molecule has 0 fully saturated rings. The van der Waals surface area contributed by atoms with Gasteiger partial charge in [-0.25, -0.2) is 4.98 Å². The van der Waals surface area contributed by atoms with Gasteiger partial charge < -0.3 is 4.98 Å². The zero-order valence-corrected chi connectivity index (χ0v) is 10.7. The van der Waals surface area contributed by atoms with Crippen molar-refractivity contribution in [3.05, 3.63) is 65.0 Å². The van der Waals surface area contributed by atoms with Crippen LogP contribution < -0.4 is 0 Å². The Morgan fingerprint density at radius 3 is 2.61 bits per heavy atom. The van der Waals surface area contributed by atoms with Gasteiger partial charge in [0.1, 0.15) is 5.82 Å². The summed E-state index contributed by atoms with van der Waals surface area (Å²) >= 11 is 0. The van der Waals surface area contributed by atoms with Crippen LogP contribution in [0.2, 0.25) is 0 Å². The third-order valence-electron chi connectivity index (χ3n) is 3.18. The van der Waals surface area contributed by atoms with Crippen molar-refractivity contribution < 1.29 is 0 Å². The highest BCUT2D eigenvalue weighted by Gasteiger charge is 2.06. The standard InChI is InChI=1S/C16H16N2/c1-11-8-12(2)16-14(9-11)17-15(18-16)10-13-6-4-3-5-7-13/h3-9H,10H2,1-2H3,(H,17,18). The molecular formula is C16H16N2. The molecule has 0 aliphatic carbocycles. The second-order valence-electron chi connectivity index (χ2n) is 4.82. The van der Waals surface area contributed by atoms with Gasteiger partial charge in [0.15, 0.2) is 0 Å². The molecule has 2 aromatic carbocycles. The maximum Gasteiger partial charge on any atom is 0.111 e. The first-order valence-corrected chi connectivity index (χ1v) is 6.22. The number of aryl methyl sites for hydroxylation is 2. The first-order chi connectivity index (χ1) is 8.72. The topological polar surface area (TPSA) is 28.7 Å². The lowest BCUT2D eigenvalue weighted by Crippen LogP contribution is -1.89. The number of aromatic nitrogens is 2. The zero-order valence-electron chi connectivity index (χ0n) is 10.7. The maximum absolute atomic E-state index is 4.69. The van der Waals surface area contributed by atoms with Gasteiger partial charge in [0.05, 0.1) is 11.0 Å². The van der Waals surface area contributed by atoms with Crippen LogP contribution in [0.1, 0.15) is 22.5 Å². The van der Waals surface area contributed by atoms with Gasteiger partial charge in [-0.1, -0.05) is 36.4 Å². The van der Waals surface area contributed by atoms with Crippen LogP contribution in [-0.2, 0) is 6.42 Å². The average Bonchev–Trinajstić information content (AvgIpc) is 2.73. The van der Waals surface area contributed by atoms with Crippen LogP contribution in [0.15, 0.2) is 42.5 Å². The Labute approximate surface area is 107 Å². The summed E-state index contributed by atoms with van der Waals surface area (Å²) in [5.41, 5.74) is 6.02. The van der Waals surface area contributed by atoms with E-state index in [1.54, 1.807) is 0 Å². The lowest BCUT2D eigenvalue weighted by atomic mass is 10.1. The number of imidazole rings is 1. The number of aromatic amines is 1. The van der Waals surface area contributed by atoms with Crippen molar-refractivity contribution in [3.63, 3.8) is 0 Å². The minimum absolute atomic E-state index is 0.855. The largest absolute Gasteiger partial charge is 0.342 e. The zero-order chi connectivity index (χ0) is 12.5. The summed E-state index contributed by atoms with van der Waals surface area (Å²) in [6.45, 7) is 4.23. The second-order valence-corrected chi connectivity index (χ2v) is 4.82. The number of hydrogen-bond acceptors (Lipinski definition) is 1. The van der Waals surface area contributed by atoms with Crippen molar-refractivity contribution in [2.75, 3.05) is 0 Å². The SMILES string of the molecule is Cc1cc(C)c2nc(Cc3ccccc3)[nH]c2c1. The highest BCUT2D eigenvalue weighted by Crippen LogP contribution is 2.19. The molecule has 0 atom stereocenters. The van der Waals surface area contributed by atoms with E-state index in [4.69, 9.17) is 4.98 Å². The summed E-state index contributed by atoms with van der Waals surface area (Å²) in [4.78, 5) is 8.11. The van der Waals surface area contributed by atoms with E-state index in [-0.39, 0.29) is 0 Å². The predicted molar refractivity (Wildman–Crippen MR) is 74.8 cm³/mol. The predicted octanol–water partition coefficient (Wildman–Crippen LogP) is 3.77. The van der Waals surface area contributed by atoms with Crippen LogP contribution in [0.4, 0.5) is 0 Å². The molecule has 0 aliphatic heterocycles. The van der Waals surface area contributed by atoms with Gasteiger partial charge in [0, 0.05) is 6.42 Å². The molecule has 0 saturated heterocycles. The monoisotopic (exact) mass is 236 g/mol. The Kier molecular flexibility index (Phi) is 2.63. The number of nitrogens with zero attached hydrogens (tertiary/aromatic N) is 1. The van der Waals surface area contributed by atoms with Crippen molar-refractivity contribution >= 4 is 11.0 Å². The minimum Gasteiger partial charge on any atom is -0.342 e. The second kappa shape index (κ2) is 4.30. The molecule has 3 aromatic rings. The fourth-order valence-corrected chi connectivity index (χ4v) is 2.39. The Hall–Kier alpha value is -2.09. The number of benzene rings is 2. The van der Waals surface area contributed by atoms with Crippen molar-refractivity contribution in [1.29, 1.82) is 0 Å². The molecule has 90 valence electrons. The molecule has 0 unspecified atom stereocenters. The summed E-state index contributed by atoms with van der Waals surface area (Å²) in [5, 5.41) is 0. The molecule has 0 saturated carbocycles. The van der Waals surface area contributed by atoms with Gasteiger partial charge in [0.25, 0.3) is 0 Å². The molecule has 18 heavy (non-hydrogen) atoms. The average molecular weight is 236 g/mol. The molecular weight excluding hydrogens is 220 g/mol. The van der Waals surface area contributed by atoms with E-state index >= 15 is 0 Å². The summed E-state index contributed by atoms with van der Waals surface area (Å²) in [5.74, 6) is 1.03. The number of nitrogens with one attached hydrogen (secondary N) is 1. The van der Waals surface area contributed by atoms with E-state index in [0.29, 0.717) is 0 Å². The minimum atomic E-state index is 0.855. The smallest absolute Gasteiger partial charge is 0.111 e. The Balaban J connectivity index is 2.01. The lowest BCUT2D eigenvalue weighted by molar-refractivity contribution is 1.04. The van der Waals surface area contributed by atoms with Crippen molar-refractivity contribution in [2.24, 2.45) is 0 Å². The number of H-pyrrole nitrogens is 1. The Morgan fingerprint density at radius 2 is 1.83 bits per heavy atom. The van der Waals surface area contributed by atoms with Crippen LogP contribution in [0, 0.1) is 13.8 Å². The van der Waals surface area contributed by atoms with Gasteiger partial charge in [-0.2, -0.15) is 0 Å². The Morgan fingerprint density at radius 1 is 1.06 bits per heavy atom. The van der Waals surface area contributed by atoms with Crippen LogP contribution in [0.3, 0.4) is 0 Å². The van der Waals surface area contributed by atoms with Crippen LogP contribution in [0.5, 0.6) is 0 Å². The van der Waals surface area contributed by atoms with Crippen molar-refractivity contribution in [3.8, 4) is 0 Å². The van der Waals surface area contributed by atoms with Gasteiger partial charge in [-0.3, -0.25) is 0 Å².